The Morgan fingerprint density at radius 1 is 1.38 bits per heavy atom. The molecule has 2 N–H and O–H groups in total. The zero-order valence-corrected chi connectivity index (χ0v) is 13.4. The molecule has 5 nitrogen and oxygen atoms in total. The van der Waals surface area contributed by atoms with Crippen molar-refractivity contribution in [2.75, 3.05) is 6.54 Å². The molecule has 0 radical (unpaired) electrons. The van der Waals surface area contributed by atoms with Gasteiger partial charge < -0.3 is 15.3 Å². The monoisotopic (exact) mass is 296 g/mol. The third kappa shape index (κ3) is 3.89. The molecule has 2 atom stereocenters. The summed E-state index contributed by atoms with van der Waals surface area (Å²) < 4.78 is 0. The lowest BCUT2D eigenvalue weighted by Crippen LogP contribution is -2.59. The number of nitrogens with zero attached hydrogens (tertiary/aromatic N) is 1. The summed E-state index contributed by atoms with van der Waals surface area (Å²) in [6.45, 7) is 6.48. The SMILES string of the molecule is CCC(CC1CC1)NC(=O)N1CCCC(C)(C)C1C(=O)O. The number of piperidine rings is 1. The molecule has 1 saturated carbocycles. The molecule has 2 unspecified atom stereocenters. The van der Waals surface area contributed by atoms with Crippen LogP contribution in [0.2, 0.25) is 0 Å². The highest BCUT2D eigenvalue weighted by Crippen LogP contribution is 2.36. The number of urea groups is 1. The molecule has 120 valence electrons. The van der Waals surface area contributed by atoms with Gasteiger partial charge in [-0.25, -0.2) is 9.59 Å². The lowest BCUT2D eigenvalue weighted by molar-refractivity contribution is -0.148. The van der Waals surface area contributed by atoms with E-state index in [1.54, 1.807) is 0 Å². The van der Waals surface area contributed by atoms with Crippen LogP contribution in [-0.2, 0) is 4.79 Å². The standard InChI is InChI=1S/C16H28N2O3/c1-4-12(10-11-6-7-11)17-15(21)18-9-5-8-16(2,3)13(18)14(19)20/h11-13H,4-10H2,1-3H3,(H,17,21)(H,19,20). The zero-order valence-electron chi connectivity index (χ0n) is 13.4. The minimum atomic E-state index is -0.898. The minimum Gasteiger partial charge on any atom is -0.480 e. The maximum atomic E-state index is 12.5. The number of carboxylic acids is 1. The maximum Gasteiger partial charge on any atom is 0.327 e. The summed E-state index contributed by atoms with van der Waals surface area (Å²) in [6.07, 6.45) is 6.16. The van der Waals surface area contributed by atoms with Crippen molar-refractivity contribution in [3.05, 3.63) is 0 Å². The predicted octanol–water partition coefficient (Wildman–Crippen LogP) is 2.85. The Labute approximate surface area is 127 Å². The highest BCUT2D eigenvalue weighted by molar-refractivity contribution is 5.83. The zero-order chi connectivity index (χ0) is 15.6. The van der Waals surface area contributed by atoms with E-state index in [-0.39, 0.29) is 17.5 Å². The van der Waals surface area contributed by atoms with E-state index in [0.717, 1.165) is 31.6 Å². The third-order valence-electron chi connectivity index (χ3n) is 4.90. The van der Waals surface area contributed by atoms with E-state index in [1.165, 1.54) is 17.7 Å². The first kappa shape index (κ1) is 16.1. The van der Waals surface area contributed by atoms with Crippen LogP contribution in [0.25, 0.3) is 0 Å². The fourth-order valence-corrected chi connectivity index (χ4v) is 3.42. The molecule has 1 saturated heterocycles. The molecular weight excluding hydrogens is 268 g/mol. The lowest BCUT2D eigenvalue weighted by Gasteiger charge is -2.44. The van der Waals surface area contributed by atoms with Crippen molar-refractivity contribution < 1.29 is 14.7 Å². The molecule has 21 heavy (non-hydrogen) atoms. The van der Waals surface area contributed by atoms with Gasteiger partial charge in [-0.15, -0.1) is 0 Å². The van der Waals surface area contributed by atoms with Crippen LogP contribution in [-0.4, -0.2) is 40.6 Å². The van der Waals surface area contributed by atoms with Gasteiger partial charge in [-0.3, -0.25) is 0 Å². The summed E-state index contributed by atoms with van der Waals surface area (Å²) in [5.74, 6) is -0.145. The normalized spacial score (nSPS) is 26.2. The first-order valence-corrected chi connectivity index (χ1v) is 8.15. The Hall–Kier alpha value is -1.26. The second-order valence-corrected chi connectivity index (χ2v) is 7.26. The van der Waals surface area contributed by atoms with E-state index in [4.69, 9.17) is 0 Å². The van der Waals surface area contributed by atoms with E-state index < -0.39 is 12.0 Å². The summed E-state index contributed by atoms with van der Waals surface area (Å²) in [5.41, 5.74) is -0.375. The van der Waals surface area contributed by atoms with Crippen LogP contribution in [0.5, 0.6) is 0 Å². The van der Waals surface area contributed by atoms with Crippen molar-refractivity contribution in [3.63, 3.8) is 0 Å². The van der Waals surface area contributed by atoms with E-state index in [9.17, 15) is 14.7 Å². The van der Waals surface area contributed by atoms with Gasteiger partial charge in [0, 0.05) is 12.6 Å². The van der Waals surface area contributed by atoms with Gasteiger partial charge in [-0.05, 0) is 37.0 Å². The molecule has 1 aliphatic carbocycles. The van der Waals surface area contributed by atoms with Gasteiger partial charge >= 0.3 is 12.0 Å². The Balaban J connectivity index is 2.02. The van der Waals surface area contributed by atoms with E-state index in [2.05, 4.69) is 12.2 Å². The number of carboxylic acid groups (broad SMARTS) is 1. The highest BCUT2D eigenvalue weighted by Gasteiger charge is 2.44. The van der Waals surface area contributed by atoms with Gasteiger partial charge in [0.15, 0.2) is 0 Å². The van der Waals surface area contributed by atoms with Gasteiger partial charge in [-0.2, -0.15) is 0 Å². The van der Waals surface area contributed by atoms with Gasteiger partial charge in [0.2, 0.25) is 0 Å². The average molecular weight is 296 g/mol. The quantitative estimate of drug-likeness (QED) is 0.819. The Morgan fingerprint density at radius 2 is 2.05 bits per heavy atom. The molecule has 1 heterocycles. The highest BCUT2D eigenvalue weighted by atomic mass is 16.4. The first-order valence-electron chi connectivity index (χ1n) is 8.15. The molecule has 2 fully saturated rings. The summed E-state index contributed by atoms with van der Waals surface area (Å²) >= 11 is 0. The van der Waals surface area contributed by atoms with Gasteiger partial charge in [-0.1, -0.05) is 33.6 Å². The molecule has 2 rings (SSSR count). The van der Waals surface area contributed by atoms with Crippen LogP contribution in [0, 0.1) is 11.3 Å². The van der Waals surface area contributed by atoms with Crippen LogP contribution in [0.3, 0.4) is 0 Å². The largest absolute Gasteiger partial charge is 0.480 e. The number of hydrogen-bond acceptors (Lipinski definition) is 2. The van der Waals surface area contributed by atoms with Gasteiger partial charge in [0.05, 0.1) is 0 Å². The second kappa shape index (κ2) is 6.24. The topological polar surface area (TPSA) is 69.6 Å². The van der Waals surface area contributed by atoms with Crippen molar-refractivity contribution >= 4 is 12.0 Å². The van der Waals surface area contributed by atoms with Crippen molar-refractivity contribution in [1.82, 2.24) is 10.2 Å². The molecule has 1 aliphatic heterocycles. The molecular formula is C16H28N2O3. The summed E-state index contributed by atoms with van der Waals surface area (Å²) in [5, 5.41) is 12.6. The van der Waals surface area contributed by atoms with Gasteiger partial charge in [0.1, 0.15) is 6.04 Å². The number of carbonyl (C=O) groups is 2. The van der Waals surface area contributed by atoms with Crippen LogP contribution in [0.1, 0.15) is 59.3 Å². The van der Waals surface area contributed by atoms with Crippen LogP contribution in [0.4, 0.5) is 4.79 Å². The van der Waals surface area contributed by atoms with Crippen LogP contribution >= 0.6 is 0 Å². The predicted molar refractivity (Wildman–Crippen MR) is 81.1 cm³/mol. The van der Waals surface area contributed by atoms with Crippen molar-refractivity contribution in [3.8, 4) is 0 Å². The number of rotatable bonds is 5. The maximum absolute atomic E-state index is 12.5. The molecule has 5 heteroatoms. The Bertz CT molecular complexity index is 404. The smallest absolute Gasteiger partial charge is 0.327 e. The van der Waals surface area contributed by atoms with E-state index in [0.29, 0.717) is 6.54 Å². The summed E-state index contributed by atoms with van der Waals surface area (Å²) in [6, 6.07) is -0.767. The molecule has 0 spiro atoms. The molecule has 0 bridgehead atoms. The molecule has 0 aromatic carbocycles. The second-order valence-electron chi connectivity index (χ2n) is 7.26. The fourth-order valence-electron chi connectivity index (χ4n) is 3.42. The summed E-state index contributed by atoms with van der Waals surface area (Å²) in [7, 11) is 0. The molecule has 2 amide bonds. The first-order chi connectivity index (χ1) is 9.85. The number of carbonyl (C=O) groups excluding carboxylic acids is 1. The Kier molecular flexibility index (Phi) is 4.79. The average Bonchev–Trinajstić information content (AvgIpc) is 3.19. The fraction of sp³-hybridized carbons (Fsp3) is 0.875. The Morgan fingerprint density at radius 3 is 2.57 bits per heavy atom. The number of nitrogens with one attached hydrogen (secondary N) is 1. The lowest BCUT2D eigenvalue weighted by atomic mass is 9.76. The minimum absolute atomic E-state index is 0.171. The van der Waals surface area contributed by atoms with Crippen LogP contribution in [0.15, 0.2) is 0 Å². The van der Waals surface area contributed by atoms with E-state index in [1.807, 2.05) is 13.8 Å². The third-order valence-corrected chi connectivity index (χ3v) is 4.90. The molecule has 2 aliphatic rings. The number of hydrogen-bond donors (Lipinski definition) is 2. The van der Waals surface area contributed by atoms with Gasteiger partial charge in [0.25, 0.3) is 0 Å². The van der Waals surface area contributed by atoms with Crippen LogP contribution < -0.4 is 5.32 Å². The number of aliphatic carboxylic acids is 1. The molecule has 0 aromatic rings. The van der Waals surface area contributed by atoms with Crippen molar-refractivity contribution in [2.45, 2.75) is 71.4 Å². The van der Waals surface area contributed by atoms with Crippen molar-refractivity contribution in [2.24, 2.45) is 11.3 Å². The van der Waals surface area contributed by atoms with E-state index >= 15 is 0 Å². The number of amides is 2. The summed E-state index contributed by atoms with van der Waals surface area (Å²) in [4.78, 5) is 25.7. The van der Waals surface area contributed by atoms with Crippen molar-refractivity contribution in [1.29, 1.82) is 0 Å². The number of likely N-dealkylation sites (tertiary alicyclic amines) is 1. The molecule has 0 aromatic heterocycles.